The highest BCUT2D eigenvalue weighted by molar-refractivity contribution is 5.95. The normalized spacial score (nSPS) is 19.0. The van der Waals surface area contributed by atoms with Crippen LogP contribution in [0.1, 0.15) is 91.4 Å². The third-order valence-electron chi connectivity index (χ3n) is 7.83. The maximum Gasteiger partial charge on any atom is 0.435 e. The molecule has 1 saturated carbocycles. The lowest BCUT2D eigenvalue weighted by molar-refractivity contribution is 0.0513. The molecule has 3 aliphatic carbocycles. The molecule has 1 amide bonds. The maximum atomic E-state index is 14.2. The molecule has 0 saturated heterocycles. The zero-order chi connectivity index (χ0) is 26.4. The van der Waals surface area contributed by atoms with Gasteiger partial charge in [0.25, 0.3) is 5.91 Å². The first kappa shape index (κ1) is 24.9. The molecule has 8 heteroatoms. The third kappa shape index (κ3) is 5.00. The van der Waals surface area contributed by atoms with Crippen LogP contribution in [0.25, 0.3) is 0 Å². The SMILES string of the molecule is CC(C)(C)OC(=O)n1cc2c(n1)CCC(N(C(=O)c1nn(Cc3ccccc3)c3c1CCCC3)C1CC1)C2. The summed E-state index contributed by atoms with van der Waals surface area (Å²) >= 11 is 0. The Balaban J connectivity index is 1.26. The zero-order valence-corrected chi connectivity index (χ0v) is 22.7. The number of carbonyl (C=O) groups excluding carboxylic acids is 2. The van der Waals surface area contributed by atoms with Crippen LogP contribution in [0.4, 0.5) is 4.79 Å². The number of rotatable bonds is 5. The van der Waals surface area contributed by atoms with Crippen molar-refractivity contribution in [3.05, 3.63) is 70.3 Å². The number of hydrogen-bond acceptors (Lipinski definition) is 5. The van der Waals surface area contributed by atoms with Crippen molar-refractivity contribution < 1.29 is 14.3 Å². The number of carbonyl (C=O) groups is 2. The predicted octanol–water partition coefficient (Wildman–Crippen LogP) is 4.95. The van der Waals surface area contributed by atoms with Crippen LogP contribution in [0.3, 0.4) is 0 Å². The van der Waals surface area contributed by atoms with Crippen LogP contribution >= 0.6 is 0 Å². The second-order valence-electron chi connectivity index (χ2n) is 12.0. The van der Waals surface area contributed by atoms with Crippen LogP contribution in [0.2, 0.25) is 0 Å². The minimum atomic E-state index is -0.579. The van der Waals surface area contributed by atoms with E-state index in [0.717, 1.165) is 68.2 Å². The first-order valence-corrected chi connectivity index (χ1v) is 14.0. The Kier molecular flexibility index (Phi) is 6.36. The molecule has 0 radical (unpaired) electrons. The fourth-order valence-electron chi connectivity index (χ4n) is 5.96. The smallest absolute Gasteiger partial charge is 0.435 e. The van der Waals surface area contributed by atoms with E-state index in [1.54, 1.807) is 6.20 Å². The average Bonchev–Trinajstić information content (AvgIpc) is 3.51. The number of aromatic nitrogens is 4. The molecule has 3 aromatic rings. The quantitative estimate of drug-likeness (QED) is 0.480. The lowest BCUT2D eigenvalue weighted by Gasteiger charge is -2.34. The molecule has 38 heavy (non-hydrogen) atoms. The lowest BCUT2D eigenvalue weighted by Crippen LogP contribution is -2.45. The number of benzene rings is 1. The molecule has 2 aromatic heterocycles. The van der Waals surface area contributed by atoms with Crippen LogP contribution < -0.4 is 0 Å². The minimum Gasteiger partial charge on any atom is -0.442 e. The Morgan fingerprint density at radius 3 is 2.50 bits per heavy atom. The summed E-state index contributed by atoms with van der Waals surface area (Å²) in [6, 6.07) is 10.7. The van der Waals surface area contributed by atoms with Crippen molar-refractivity contribution >= 4 is 12.0 Å². The fourth-order valence-corrected chi connectivity index (χ4v) is 5.96. The minimum absolute atomic E-state index is 0.0745. The molecular weight excluding hydrogens is 478 g/mol. The highest BCUT2D eigenvalue weighted by Crippen LogP contribution is 2.36. The van der Waals surface area contributed by atoms with Gasteiger partial charge in [-0.05, 0) is 89.7 Å². The highest BCUT2D eigenvalue weighted by atomic mass is 16.6. The summed E-state index contributed by atoms with van der Waals surface area (Å²) < 4.78 is 8.90. The Morgan fingerprint density at radius 1 is 1.00 bits per heavy atom. The fraction of sp³-hybridized carbons (Fsp3) is 0.533. The molecule has 1 unspecified atom stereocenters. The predicted molar refractivity (Wildman–Crippen MR) is 143 cm³/mol. The van der Waals surface area contributed by atoms with Gasteiger partial charge in [-0.3, -0.25) is 9.48 Å². The number of nitrogens with zero attached hydrogens (tertiary/aromatic N) is 5. The average molecular weight is 516 g/mol. The van der Waals surface area contributed by atoms with E-state index in [0.29, 0.717) is 18.7 Å². The van der Waals surface area contributed by atoms with Crippen molar-refractivity contribution in [3.8, 4) is 0 Å². The van der Waals surface area contributed by atoms with E-state index in [4.69, 9.17) is 9.84 Å². The lowest BCUT2D eigenvalue weighted by atomic mass is 9.91. The van der Waals surface area contributed by atoms with Crippen LogP contribution in [0.15, 0.2) is 36.5 Å². The van der Waals surface area contributed by atoms with Crippen LogP contribution in [-0.2, 0) is 37.0 Å². The van der Waals surface area contributed by atoms with Gasteiger partial charge in [0.2, 0.25) is 0 Å². The molecule has 1 aromatic carbocycles. The van der Waals surface area contributed by atoms with E-state index >= 15 is 0 Å². The van der Waals surface area contributed by atoms with E-state index in [-0.39, 0.29) is 18.0 Å². The number of fused-ring (bicyclic) bond motifs is 2. The van der Waals surface area contributed by atoms with Gasteiger partial charge in [0.05, 0.1) is 12.2 Å². The van der Waals surface area contributed by atoms with E-state index in [2.05, 4.69) is 38.9 Å². The van der Waals surface area contributed by atoms with Crippen molar-refractivity contribution in [2.75, 3.05) is 0 Å². The summed E-state index contributed by atoms with van der Waals surface area (Å²) in [6.45, 7) is 6.24. The van der Waals surface area contributed by atoms with Gasteiger partial charge in [0, 0.05) is 29.5 Å². The summed E-state index contributed by atoms with van der Waals surface area (Å²) in [6.07, 6.45) is 9.83. The summed E-state index contributed by atoms with van der Waals surface area (Å²) in [4.78, 5) is 28.9. The Labute approximate surface area is 224 Å². The van der Waals surface area contributed by atoms with Crippen LogP contribution in [0.5, 0.6) is 0 Å². The summed E-state index contributed by atoms with van der Waals surface area (Å²) in [7, 11) is 0. The topological polar surface area (TPSA) is 82.2 Å². The molecule has 8 nitrogen and oxygen atoms in total. The van der Waals surface area contributed by atoms with Gasteiger partial charge in [0.15, 0.2) is 5.69 Å². The molecule has 1 fully saturated rings. The molecule has 0 bridgehead atoms. The molecular formula is C30H37N5O3. The zero-order valence-electron chi connectivity index (χ0n) is 22.7. The van der Waals surface area contributed by atoms with E-state index in [1.807, 2.05) is 26.8 Å². The summed E-state index contributed by atoms with van der Waals surface area (Å²) in [5.41, 5.74) is 5.61. The molecule has 3 aliphatic rings. The molecule has 0 N–H and O–H groups in total. The van der Waals surface area contributed by atoms with Gasteiger partial charge in [-0.1, -0.05) is 30.3 Å². The monoisotopic (exact) mass is 515 g/mol. The Hall–Kier alpha value is -3.42. The van der Waals surface area contributed by atoms with Crippen molar-refractivity contribution in [2.45, 2.75) is 103 Å². The van der Waals surface area contributed by atoms with Crippen LogP contribution in [-0.4, -0.2) is 54.1 Å². The standard InChI is InChI=1S/C30H37N5O3/c1-30(2,3)38-29(37)34-19-21-17-23(15-16-25(21)31-34)35(22-13-14-22)28(36)27-24-11-7-8-12-26(24)33(32-27)18-20-9-5-4-6-10-20/h4-6,9-10,19,22-23H,7-8,11-18H2,1-3H3. The molecule has 0 aliphatic heterocycles. The second kappa shape index (κ2) is 9.71. The largest absolute Gasteiger partial charge is 0.442 e. The molecule has 2 heterocycles. The molecule has 0 spiro atoms. The van der Waals surface area contributed by atoms with Gasteiger partial charge in [0.1, 0.15) is 5.60 Å². The van der Waals surface area contributed by atoms with Crippen molar-refractivity contribution in [1.82, 2.24) is 24.5 Å². The van der Waals surface area contributed by atoms with E-state index in [1.165, 1.54) is 15.9 Å². The van der Waals surface area contributed by atoms with Gasteiger partial charge in [-0.15, -0.1) is 0 Å². The summed E-state index contributed by atoms with van der Waals surface area (Å²) in [5.74, 6) is 0.0745. The molecule has 1 atom stereocenters. The number of hydrogen-bond donors (Lipinski definition) is 0. The first-order valence-electron chi connectivity index (χ1n) is 14.0. The molecule has 6 rings (SSSR count). The van der Waals surface area contributed by atoms with Crippen LogP contribution in [0, 0.1) is 0 Å². The van der Waals surface area contributed by atoms with Gasteiger partial charge < -0.3 is 9.64 Å². The Bertz CT molecular complexity index is 1350. The van der Waals surface area contributed by atoms with Gasteiger partial charge >= 0.3 is 6.09 Å². The van der Waals surface area contributed by atoms with E-state index in [9.17, 15) is 9.59 Å². The number of ether oxygens (including phenoxy) is 1. The van der Waals surface area contributed by atoms with Gasteiger partial charge in [-0.25, -0.2) is 4.79 Å². The van der Waals surface area contributed by atoms with Crippen molar-refractivity contribution in [2.24, 2.45) is 0 Å². The highest BCUT2D eigenvalue weighted by Gasteiger charge is 2.41. The summed E-state index contributed by atoms with van der Waals surface area (Å²) in [5, 5.41) is 9.48. The third-order valence-corrected chi connectivity index (χ3v) is 7.83. The van der Waals surface area contributed by atoms with Crippen molar-refractivity contribution in [1.29, 1.82) is 0 Å². The maximum absolute atomic E-state index is 14.2. The second-order valence-corrected chi connectivity index (χ2v) is 12.0. The number of aryl methyl sites for hydroxylation is 1. The van der Waals surface area contributed by atoms with Gasteiger partial charge in [-0.2, -0.15) is 14.9 Å². The van der Waals surface area contributed by atoms with Crippen molar-refractivity contribution in [3.63, 3.8) is 0 Å². The Morgan fingerprint density at radius 2 is 1.76 bits per heavy atom. The number of amides is 1. The molecule has 200 valence electrons. The van der Waals surface area contributed by atoms with E-state index < -0.39 is 11.7 Å². The first-order chi connectivity index (χ1) is 18.3.